The van der Waals surface area contributed by atoms with Crippen LogP contribution in [0.4, 0.5) is 10.1 Å². The molecule has 1 aromatic carbocycles. The first-order valence-electron chi connectivity index (χ1n) is 10.9. The largest absolute Gasteiger partial charge is 0.374 e. The summed E-state index contributed by atoms with van der Waals surface area (Å²) in [6, 6.07) is 10.8. The van der Waals surface area contributed by atoms with E-state index in [9.17, 15) is 9.18 Å². The maximum atomic E-state index is 14.3. The van der Waals surface area contributed by atoms with Gasteiger partial charge in [0.25, 0.3) is 5.56 Å². The van der Waals surface area contributed by atoms with Crippen molar-refractivity contribution in [3.63, 3.8) is 0 Å². The second-order valence-electron chi connectivity index (χ2n) is 8.81. The lowest BCUT2D eigenvalue weighted by atomic mass is 10.1. The Kier molecular flexibility index (Phi) is 4.78. The maximum Gasteiger partial charge on any atom is 0.251 e. The first kappa shape index (κ1) is 20.4. The molecule has 4 aromatic rings. The number of hydrogen-bond acceptors (Lipinski definition) is 4. The molecule has 2 bridgehead atoms. The summed E-state index contributed by atoms with van der Waals surface area (Å²) in [7, 11) is 1.95. The van der Waals surface area contributed by atoms with Gasteiger partial charge in [0.05, 0.1) is 42.2 Å². The van der Waals surface area contributed by atoms with Gasteiger partial charge < -0.3 is 18.8 Å². The van der Waals surface area contributed by atoms with Crippen LogP contribution in [-0.2, 0) is 18.3 Å². The van der Waals surface area contributed by atoms with E-state index in [0.29, 0.717) is 17.7 Å². The normalized spacial score (nSPS) is 19.7. The first-order valence-corrected chi connectivity index (χ1v) is 11.3. The fourth-order valence-corrected chi connectivity index (χ4v) is 5.21. The van der Waals surface area contributed by atoms with Gasteiger partial charge in [-0.1, -0.05) is 23.7 Å². The molecule has 0 amide bonds. The number of nitrogens with zero attached hydrogens (tertiary/aromatic N) is 4. The van der Waals surface area contributed by atoms with Crippen molar-refractivity contribution in [3.05, 3.63) is 81.7 Å². The fourth-order valence-electron chi connectivity index (χ4n) is 5.01. The lowest BCUT2D eigenvalue weighted by Gasteiger charge is -2.28. The molecule has 0 spiro atoms. The molecular formula is C25H22ClFN4O2. The number of aromatic nitrogens is 3. The topological polar surface area (TPSA) is 52.3 Å². The number of fused-ring (bicyclic) bond motifs is 3. The van der Waals surface area contributed by atoms with Crippen LogP contribution >= 0.6 is 11.6 Å². The van der Waals surface area contributed by atoms with E-state index in [1.165, 1.54) is 10.6 Å². The van der Waals surface area contributed by atoms with Crippen molar-refractivity contribution in [2.45, 2.75) is 25.1 Å². The van der Waals surface area contributed by atoms with Gasteiger partial charge in [-0.05, 0) is 30.2 Å². The van der Waals surface area contributed by atoms with E-state index in [1.54, 1.807) is 24.4 Å². The molecule has 0 aliphatic carbocycles. The van der Waals surface area contributed by atoms with Gasteiger partial charge in [-0.3, -0.25) is 4.79 Å². The van der Waals surface area contributed by atoms with E-state index in [-0.39, 0.29) is 17.1 Å². The van der Waals surface area contributed by atoms with E-state index in [0.717, 1.165) is 47.4 Å². The van der Waals surface area contributed by atoms with Gasteiger partial charge in [-0.2, -0.15) is 0 Å². The molecule has 2 aliphatic rings. The quantitative estimate of drug-likeness (QED) is 0.454. The lowest BCUT2D eigenvalue weighted by molar-refractivity contribution is 0.0991. The third kappa shape index (κ3) is 3.43. The molecule has 8 heteroatoms. The van der Waals surface area contributed by atoms with Crippen LogP contribution in [-0.4, -0.2) is 39.4 Å². The van der Waals surface area contributed by atoms with Crippen molar-refractivity contribution in [1.82, 2.24) is 14.1 Å². The number of aryl methyl sites for hydroxylation is 1. The monoisotopic (exact) mass is 464 g/mol. The second kappa shape index (κ2) is 7.71. The SMILES string of the molecule is Cn1cc(-c2ccn(Cc3cccc(Cl)c3F)c(=O)c2)c2cc(N3CC4CC3CO4)cnc21. The zero-order valence-corrected chi connectivity index (χ0v) is 18.8. The van der Waals surface area contributed by atoms with Crippen molar-refractivity contribution in [2.75, 3.05) is 18.1 Å². The summed E-state index contributed by atoms with van der Waals surface area (Å²) in [5.74, 6) is -0.496. The van der Waals surface area contributed by atoms with Crippen LogP contribution in [0.3, 0.4) is 0 Å². The first-order chi connectivity index (χ1) is 16.0. The Morgan fingerprint density at radius 1 is 1.27 bits per heavy atom. The molecule has 0 N–H and O–H groups in total. The van der Waals surface area contributed by atoms with Gasteiger partial charge in [0.2, 0.25) is 0 Å². The van der Waals surface area contributed by atoms with Crippen molar-refractivity contribution < 1.29 is 9.13 Å². The third-order valence-corrected chi connectivity index (χ3v) is 7.00. The van der Waals surface area contributed by atoms with E-state index in [4.69, 9.17) is 21.3 Å². The molecular weight excluding hydrogens is 443 g/mol. The number of morpholine rings is 1. The minimum absolute atomic E-state index is 0.0500. The van der Waals surface area contributed by atoms with Gasteiger partial charge in [-0.15, -0.1) is 0 Å². The Hall–Kier alpha value is -3.16. The third-order valence-electron chi connectivity index (χ3n) is 6.71. The smallest absolute Gasteiger partial charge is 0.251 e. The summed E-state index contributed by atoms with van der Waals surface area (Å²) in [6.07, 6.45) is 6.98. The van der Waals surface area contributed by atoms with E-state index >= 15 is 0 Å². The van der Waals surface area contributed by atoms with Gasteiger partial charge >= 0.3 is 0 Å². The predicted octanol–water partition coefficient (Wildman–Crippen LogP) is 4.22. The minimum atomic E-state index is -0.496. The number of pyridine rings is 2. The zero-order valence-electron chi connectivity index (χ0n) is 18.0. The molecule has 0 saturated carbocycles. The van der Waals surface area contributed by atoms with Gasteiger partial charge in [0.1, 0.15) is 11.5 Å². The van der Waals surface area contributed by atoms with Gasteiger partial charge in [0, 0.05) is 48.6 Å². The highest BCUT2D eigenvalue weighted by Crippen LogP contribution is 2.36. The highest BCUT2D eigenvalue weighted by Gasteiger charge is 2.39. The Morgan fingerprint density at radius 3 is 2.91 bits per heavy atom. The van der Waals surface area contributed by atoms with Crippen molar-refractivity contribution in [1.29, 1.82) is 0 Å². The Morgan fingerprint density at radius 2 is 2.15 bits per heavy atom. The summed E-state index contributed by atoms with van der Waals surface area (Å²) in [6.45, 7) is 1.76. The molecule has 6 nitrogen and oxygen atoms in total. The lowest BCUT2D eigenvalue weighted by Crippen LogP contribution is -2.36. The minimum Gasteiger partial charge on any atom is -0.374 e. The number of rotatable bonds is 4. The predicted molar refractivity (Wildman–Crippen MR) is 126 cm³/mol. The van der Waals surface area contributed by atoms with Crippen LogP contribution in [0.2, 0.25) is 5.02 Å². The average Bonchev–Trinajstić information content (AvgIpc) is 3.53. The van der Waals surface area contributed by atoms with Crippen LogP contribution in [0.25, 0.3) is 22.2 Å². The summed E-state index contributed by atoms with van der Waals surface area (Å²) in [5, 5.41) is 1.05. The molecule has 2 fully saturated rings. The van der Waals surface area contributed by atoms with Crippen LogP contribution in [0.1, 0.15) is 12.0 Å². The van der Waals surface area contributed by atoms with Crippen LogP contribution in [0.5, 0.6) is 0 Å². The molecule has 0 radical (unpaired) electrons. The van der Waals surface area contributed by atoms with E-state index < -0.39 is 5.82 Å². The number of ether oxygens (including phenoxy) is 1. The standard InChI is InChI=1S/C25H22ClFN4O2/c1-29-13-21(20-9-17(10-28-25(20)29)31-12-19-8-18(31)14-33-19)15-5-6-30(23(32)7-15)11-16-3-2-4-22(26)24(16)27/h2-7,9-10,13,18-19H,8,11-12,14H2,1H3. The Balaban J connectivity index is 1.37. The van der Waals surface area contributed by atoms with Crippen molar-refractivity contribution in [3.8, 4) is 11.1 Å². The number of benzene rings is 1. The molecule has 6 rings (SSSR count). The van der Waals surface area contributed by atoms with Crippen molar-refractivity contribution >= 4 is 28.3 Å². The number of hydrogen-bond donors (Lipinski definition) is 0. The Labute approximate surface area is 194 Å². The van der Waals surface area contributed by atoms with Crippen LogP contribution in [0.15, 0.2) is 59.8 Å². The molecule has 2 atom stereocenters. The summed E-state index contributed by atoms with van der Waals surface area (Å²) >= 11 is 5.88. The molecule has 2 saturated heterocycles. The average molecular weight is 465 g/mol. The van der Waals surface area contributed by atoms with Crippen LogP contribution < -0.4 is 10.5 Å². The summed E-state index contributed by atoms with van der Waals surface area (Å²) in [4.78, 5) is 20.0. The molecule has 2 unspecified atom stereocenters. The Bertz CT molecular complexity index is 1450. The van der Waals surface area contributed by atoms with Gasteiger partial charge in [0.15, 0.2) is 0 Å². The summed E-state index contributed by atoms with van der Waals surface area (Å²) in [5.41, 5.74) is 3.86. The zero-order chi connectivity index (χ0) is 22.7. The molecule has 168 valence electrons. The van der Waals surface area contributed by atoms with Crippen LogP contribution in [0, 0.1) is 5.82 Å². The molecule has 5 heterocycles. The molecule has 3 aromatic heterocycles. The highest BCUT2D eigenvalue weighted by molar-refractivity contribution is 6.30. The number of halogens is 2. The number of anilines is 1. The highest BCUT2D eigenvalue weighted by atomic mass is 35.5. The summed E-state index contributed by atoms with van der Waals surface area (Å²) < 4.78 is 23.5. The fraction of sp³-hybridized carbons (Fsp3) is 0.280. The van der Waals surface area contributed by atoms with E-state index in [1.807, 2.05) is 30.1 Å². The van der Waals surface area contributed by atoms with Crippen molar-refractivity contribution in [2.24, 2.45) is 7.05 Å². The molecule has 33 heavy (non-hydrogen) atoms. The second-order valence-corrected chi connectivity index (χ2v) is 9.22. The van der Waals surface area contributed by atoms with E-state index in [2.05, 4.69) is 11.0 Å². The molecule has 2 aliphatic heterocycles. The van der Waals surface area contributed by atoms with Gasteiger partial charge in [-0.25, -0.2) is 9.37 Å². The maximum absolute atomic E-state index is 14.3.